The van der Waals surface area contributed by atoms with Crippen LogP contribution >= 0.6 is 0 Å². The Labute approximate surface area is 144 Å². The van der Waals surface area contributed by atoms with Crippen molar-refractivity contribution in [1.82, 2.24) is 14.8 Å². The maximum absolute atomic E-state index is 5.65. The van der Waals surface area contributed by atoms with Gasteiger partial charge in [0.15, 0.2) is 5.75 Å². The summed E-state index contributed by atoms with van der Waals surface area (Å²) in [5.41, 5.74) is 2.38. The van der Waals surface area contributed by atoms with Crippen LogP contribution in [0.1, 0.15) is 25.3 Å². The number of nitrogens with one attached hydrogen (secondary N) is 1. The second kappa shape index (κ2) is 8.51. The third-order valence-corrected chi connectivity index (χ3v) is 4.89. The molecule has 0 unspecified atom stereocenters. The molecule has 3 rings (SSSR count). The van der Waals surface area contributed by atoms with Gasteiger partial charge in [0.1, 0.15) is 6.61 Å². The fourth-order valence-corrected chi connectivity index (χ4v) is 3.23. The quantitative estimate of drug-likeness (QED) is 0.435. The SMILES string of the molecule is CCN(C)CCc1c[nH]c2cccc(OOCCN3CCCC3)c12. The maximum Gasteiger partial charge on any atom is 0.175 e. The number of H-pyrrole nitrogens is 1. The van der Waals surface area contributed by atoms with Gasteiger partial charge >= 0.3 is 0 Å². The molecule has 0 bridgehead atoms. The van der Waals surface area contributed by atoms with Crippen molar-refractivity contribution in [3.05, 3.63) is 30.0 Å². The largest absolute Gasteiger partial charge is 0.361 e. The van der Waals surface area contributed by atoms with E-state index in [0.29, 0.717) is 6.61 Å². The summed E-state index contributed by atoms with van der Waals surface area (Å²) in [7, 11) is 2.15. The van der Waals surface area contributed by atoms with Crippen molar-refractivity contribution >= 4 is 10.9 Å². The van der Waals surface area contributed by atoms with Crippen LogP contribution in [0.25, 0.3) is 10.9 Å². The summed E-state index contributed by atoms with van der Waals surface area (Å²) in [5, 5.41) is 1.14. The molecule has 24 heavy (non-hydrogen) atoms. The van der Waals surface area contributed by atoms with Gasteiger partial charge in [0.05, 0.1) is 0 Å². The van der Waals surface area contributed by atoms with E-state index < -0.39 is 0 Å². The summed E-state index contributed by atoms with van der Waals surface area (Å²) < 4.78 is 0. The average Bonchev–Trinajstić information content (AvgIpc) is 3.26. The van der Waals surface area contributed by atoms with Gasteiger partial charge in [-0.3, -0.25) is 0 Å². The number of benzene rings is 1. The van der Waals surface area contributed by atoms with Gasteiger partial charge in [0.2, 0.25) is 0 Å². The van der Waals surface area contributed by atoms with Crippen LogP contribution in [-0.4, -0.2) is 61.2 Å². The van der Waals surface area contributed by atoms with Gasteiger partial charge in [-0.2, -0.15) is 4.89 Å². The van der Waals surface area contributed by atoms with Crippen LogP contribution in [0.15, 0.2) is 24.4 Å². The number of hydrogen-bond acceptors (Lipinski definition) is 4. The molecule has 2 aromatic rings. The monoisotopic (exact) mass is 331 g/mol. The number of aromatic amines is 1. The first-order chi connectivity index (χ1) is 11.8. The van der Waals surface area contributed by atoms with Crippen LogP contribution in [-0.2, 0) is 11.3 Å². The highest BCUT2D eigenvalue weighted by atomic mass is 17.2. The molecule has 0 aliphatic carbocycles. The molecule has 1 aromatic carbocycles. The van der Waals surface area contributed by atoms with Crippen molar-refractivity contribution in [2.45, 2.75) is 26.2 Å². The normalized spacial score (nSPS) is 15.6. The van der Waals surface area contributed by atoms with E-state index in [1.807, 2.05) is 12.1 Å². The second-order valence-corrected chi connectivity index (χ2v) is 6.59. The first-order valence-electron chi connectivity index (χ1n) is 9.07. The highest BCUT2D eigenvalue weighted by Gasteiger charge is 2.13. The minimum atomic E-state index is 0.606. The van der Waals surface area contributed by atoms with E-state index in [2.05, 4.69) is 41.0 Å². The molecule has 0 radical (unpaired) electrons. The molecule has 2 heterocycles. The number of hydrogen-bond donors (Lipinski definition) is 1. The number of fused-ring (bicyclic) bond motifs is 1. The number of nitrogens with zero attached hydrogens (tertiary/aromatic N) is 2. The fraction of sp³-hybridized carbons (Fsp3) is 0.579. The lowest BCUT2D eigenvalue weighted by atomic mass is 10.1. The van der Waals surface area contributed by atoms with E-state index in [1.54, 1.807) is 0 Å². The summed E-state index contributed by atoms with van der Waals surface area (Å²) in [5.74, 6) is 0.810. The van der Waals surface area contributed by atoms with Crippen LogP contribution in [0.3, 0.4) is 0 Å². The maximum atomic E-state index is 5.65. The van der Waals surface area contributed by atoms with Crippen LogP contribution in [0.2, 0.25) is 0 Å². The van der Waals surface area contributed by atoms with Gasteiger partial charge in [0.25, 0.3) is 0 Å². The third-order valence-electron chi connectivity index (χ3n) is 4.89. The topological polar surface area (TPSA) is 40.7 Å². The molecule has 1 aliphatic heterocycles. The molecule has 1 saturated heterocycles. The van der Waals surface area contributed by atoms with Crippen LogP contribution in [0, 0.1) is 0 Å². The number of likely N-dealkylation sites (N-methyl/N-ethyl adjacent to an activating group) is 1. The van der Waals surface area contributed by atoms with Crippen molar-refractivity contribution in [2.24, 2.45) is 0 Å². The predicted molar refractivity (Wildman–Crippen MR) is 97.4 cm³/mol. The summed E-state index contributed by atoms with van der Waals surface area (Å²) in [6, 6.07) is 6.07. The zero-order valence-electron chi connectivity index (χ0n) is 14.9. The molecule has 5 nitrogen and oxygen atoms in total. The minimum Gasteiger partial charge on any atom is -0.361 e. The van der Waals surface area contributed by atoms with E-state index in [0.717, 1.165) is 42.7 Å². The fourth-order valence-electron chi connectivity index (χ4n) is 3.23. The van der Waals surface area contributed by atoms with E-state index in [9.17, 15) is 0 Å². The van der Waals surface area contributed by atoms with Crippen molar-refractivity contribution in [3.63, 3.8) is 0 Å². The van der Waals surface area contributed by atoms with Crippen molar-refractivity contribution in [3.8, 4) is 5.75 Å². The molecular weight excluding hydrogens is 302 g/mol. The predicted octanol–water partition coefficient (Wildman–Crippen LogP) is 3.07. The third kappa shape index (κ3) is 4.29. The van der Waals surface area contributed by atoms with Gasteiger partial charge in [-0.1, -0.05) is 13.0 Å². The lowest BCUT2D eigenvalue weighted by Gasteiger charge is -2.15. The Kier molecular flexibility index (Phi) is 6.12. The van der Waals surface area contributed by atoms with Crippen LogP contribution in [0.5, 0.6) is 5.75 Å². The molecule has 1 aliphatic rings. The van der Waals surface area contributed by atoms with Gasteiger partial charge in [-0.25, -0.2) is 0 Å². The number of rotatable bonds is 9. The van der Waals surface area contributed by atoms with Gasteiger partial charge in [-0.05, 0) is 63.6 Å². The second-order valence-electron chi connectivity index (χ2n) is 6.59. The first-order valence-corrected chi connectivity index (χ1v) is 9.07. The van der Waals surface area contributed by atoms with Crippen LogP contribution < -0.4 is 4.89 Å². The molecule has 132 valence electrons. The van der Waals surface area contributed by atoms with Crippen molar-refractivity contribution in [1.29, 1.82) is 0 Å². The molecule has 0 atom stereocenters. The number of likely N-dealkylation sites (tertiary alicyclic amines) is 1. The van der Waals surface area contributed by atoms with Gasteiger partial charge in [-0.15, -0.1) is 0 Å². The molecular formula is C19H29N3O2. The summed E-state index contributed by atoms with van der Waals surface area (Å²) >= 11 is 0. The highest BCUT2D eigenvalue weighted by molar-refractivity contribution is 5.89. The van der Waals surface area contributed by atoms with E-state index >= 15 is 0 Å². The van der Waals surface area contributed by atoms with Crippen molar-refractivity contribution in [2.75, 3.05) is 46.4 Å². The molecule has 1 N–H and O–H groups in total. The number of aromatic nitrogens is 1. The Bertz CT molecular complexity index is 635. The molecule has 0 amide bonds. The zero-order valence-corrected chi connectivity index (χ0v) is 14.9. The summed E-state index contributed by atoms with van der Waals surface area (Å²) in [6.07, 6.45) is 5.70. The first kappa shape index (κ1) is 17.3. The average molecular weight is 331 g/mol. The van der Waals surface area contributed by atoms with Crippen molar-refractivity contribution < 1.29 is 9.78 Å². The zero-order chi connectivity index (χ0) is 16.8. The Hall–Kier alpha value is -1.56. The Morgan fingerprint density at radius 1 is 1.25 bits per heavy atom. The Balaban J connectivity index is 1.60. The molecule has 1 fully saturated rings. The summed E-state index contributed by atoms with van der Waals surface area (Å²) in [4.78, 5) is 19.2. The van der Waals surface area contributed by atoms with E-state index in [4.69, 9.17) is 9.78 Å². The highest BCUT2D eigenvalue weighted by Crippen LogP contribution is 2.29. The minimum absolute atomic E-state index is 0.606. The van der Waals surface area contributed by atoms with Gasteiger partial charge in [0, 0.05) is 30.2 Å². The Morgan fingerprint density at radius 3 is 2.88 bits per heavy atom. The molecule has 0 spiro atoms. The Morgan fingerprint density at radius 2 is 2.08 bits per heavy atom. The molecule has 5 heteroatoms. The standard InChI is InChI=1S/C19H29N3O2/c1-3-21(2)12-9-16-15-20-17-7-6-8-18(19(16)17)24-23-14-13-22-10-4-5-11-22/h6-8,15,20H,3-5,9-14H2,1-2H3. The van der Waals surface area contributed by atoms with E-state index in [-0.39, 0.29) is 0 Å². The van der Waals surface area contributed by atoms with E-state index in [1.165, 1.54) is 31.5 Å². The van der Waals surface area contributed by atoms with Gasteiger partial charge < -0.3 is 19.7 Å². The lowest BCUT2D eigenvalue weighted by Crippen LogP contribution is -2.24. The summed E-state index contributed by atoms with van der Waals surface area (Å²) in [6.45, 7) is 8.20. The van der Waals surface area contributed by atoms with Crippen LogP contribution in [0.4, 0.5) is 0 Å². The lowest BCUT2D eigenvalue weighted by molar-refractivity contribution is -0.207. The molecule has 0 saturated carbocycles. The smallest absolute Gasteiger partial charge is 0.175 e. The molecule has 1 aromatic heterocycles.